The first-order valence-corrected chi connectivity index (χ1v) is 28.5. The van der Waals surface area contributed by atoms with Crippen molar-refractivity contribution in [2.75, 3.05) is 0 Å². The molecule has 6 heteroatoms. The molecule has 0 aromatic rings. The van der Waals surface area contributed by atoms with Gasteiger partial charge in [-0.05, 0) is 0 Å². The Balaban J connectivity index is -0.000000187. The summed E-state index contributed by atoms with van der Waals surface area (Å²) in [6, 6.07) is 0. The maximum Gasteiger partial charge on any atom is -0.109 e. The molecular formula is C32H50Cl2Hf2Si2. The molecular weight excluding hydrogens is 868 g/mol. The zero-order valence-electron chi connectivity index (χ0n) is 25.8. The zero-order chi connectivity index (χ0) is 28.3. The largest absolute Gasteiger partial charge is 0.273 e. The SMILES string of the molecule is CC1=[C-]C(C)C(C)=C1C.CC1=[C-]C(C)C(C)=C1C.C[Si](C)=[Hf+2].C[Si](C)=[Hf+2].Cl.Cl.[C-]1=CC=CC1.[C-]1=CC=CC1. The average molecular weight is 919 g/mol. The van der Waals surface area contributed by atoms with Crippen LogP contribution < -0.4 is 0 Å². The van der Waals surface area contributed by atoms with Crippen molar-refractivity contribution in [2.24, 2.45) is 11.8 Å². The molecule has 38 heavy (non-hydrogen) atoms. The smallest absolute Gasteiger partial charge is 0.109 e. The van der Waals surface area contributed by atoms with Gasteiger partial charge >= 0.3 is 83.2 Å². The Morgan fingerprint density at radius 3 is 0.947 bits per heavy atom. The van der Waals surface area contributed by atoms with Gasteiger partial charge in [0.25, 0.3) is 0 Å². The number of halogens is 2. The summed E-state index contributed by atoms with van der Waals surface area (Å²) in [5.74, 6) is 1.12. The second kappa shape index (κ2) is 27.8. The molecule has 0 N–H and O–H groups in total. The fourth-order valence-corrected chi connectivity index (χ4v) is 3.00. The van der Waals surface area contributed by atoms with Gasteiger partial charge in [0, 0.05) is 0 Å². The minimum atomic E-state index is 0. The Bertz CT molecular complexity index is 856. The molecule has 0 nitrogen and oxygen atoms in total. The van der Waals surface area contributed by atoms with Crippen LogP contribution in [-0.2, 0) is 46.0 Å². The molecule has 4 rings (SSSR count). The molecule has 0 bridgehead atoms. The fraction of sp³-hybridized carbons (Fsp3) is 0.500. The molecule has 0 aromatic heterocycles. The van der Waals surface area contributed by atoms with E-state index in [0.29, 0.717) is 11.8 Å². The minimum absolute atomic E-state index is 0. The molecule has 0 aromatic carbocycles. The van der Waals surface area contributed by atoms with Crippen molar-refractivity contribution >= 4 is 35.8 Å². The van der Waals surface area contributed by atoms with Gasteiger partial charge in [0.2, 0.25) is 0 Å². The molecule has 0 amide bonds. The molecule has 2 unspecified atom stereocenters. The number of hydrogen-bond acceptors (Lipinski definition) is 0. The van der Waals surface area contributed by atoms with Crippen molar-refractivity contribution in [3.8, 4) is 0 Å². The van der Waals surface area contributed by atoms with Crippen LogP contribution in [0, 0.1) is 36.1 Å². The Kier molecular flexibility index (Phi) is 33.4. The van der Waals surface area contributed by atoms with Crippen LogP contribution >= 0.6 is 24.8 Å². The van der Waals surface area contributed by atoms with Gasteiger partial charge < -0.3 is 0 Å². The topological polar surface area (TPSA) is 0 Å². The van der Waals surface area contributed by atoms with Crippen LogP contribution in [0.5, 0.6) is 0 Å². The molecule has 4 aliphatic rings. The normalized spacial score (nSPS) is 18.9. The summed E-state index contributed by atoms with van der Waals surface area (Å²) in [7, 11) is 0. The third-order valence-electron chi connectivity index (χ3n) is 5.64. The van der Waals surface area contributed by atoms with E-state index in [-0.39, 0.29) is 35.8 Å². The number of rotatable bonds is 0. The molecule has 2 atom stereocenters. The maximum absolute atomic E-state index is 3.36. The summed E-state index contributed by atoms with van der Waals surface area (Å²) < 4.78 is 0. The van der Waals surface area contributed by atoms with Crippen molar-refractivity contribution in [1.82, 2.24) is 0 Å². The predicted molar refractivity (Wildman–Crippen MR) is 173 cm³/mol. The Labute approximate surface area is 279 Å². The molecule has 0 saturated carbocycles. The van der Waals surface area contributed by atoms with Gasteiger partial charge in [-0.1, -0.05) is 53.4 Å². The van der Waals surface area contributed by atoms with Gasteiger partial charge in [-0.15, -0.1) is 51.5 Å². The van der Waals surface area contributed by atoms with E-state index in [1.165, 1.54) is 79.4 Å². The summed E-state index contributed by atoms with van der Waals surface area (Å²) in [6.07, 6.45) is 26.7. The third kappa shape index (κ3) is 25.6. The van der Waals surface area contributed by atoms with Crippen LogP contribution in [0.25, 0.3) is 0 Å². The summed E-state index contributed by atoms with van der Waals surface area (Å²) in [5.41, 5.74) is 9.01. The van der Waals surface area contributed by atoms with Crippen LogP contribution in [0.15, 0.2) is 69.9 Å². The molecule has 208 valence electrons. The van der Waals surface area contributed by atoms with Gasteiger partial charge in [0.15, 0.2) is 0 Å². The van der Waals surface area contributed by atoms with Crippen molar-refractivity contribution in [1.29, 1.82) is 0 Å². The average Bonchev–Trinajstić information content (AvgIpc) is 3.59. The molecule has 0 aliphatic heterocycles. The van der Waals surface area contributed by atoms with E-state index in [1.54, 1.807) is 0 Å². The fourth-order valence-electron chi connectivity index (χ4n) is 3.00. The van der Waals surface area contributed by atoms with E-state index in [4.69, 9.17) is 0 Å². The van der Waals surface area contributed by atoms with E-state index in [2.05, 4.69) is 118 Å². The monoisotopic (exact) mass is 920 g/mol. The maximum atomic E-state index is 3.36. The van der Waals surface area contributed by atoms with Crippen LogP contribution in [0.3, 0.4) is 0 Å². The second-order valence-corrected chi connectivity index (χ2v) is 35.2. The first kappa shape index (κ1) is 45.7. The first-order valence-electron chi connectivity index (χ1n) is 12.7. The van der Waals surface area contributed by atoms with Crippen LogP contribution in [-0.4, -0.2) is 11.0 Å². The van der Waals surface area contributed by atoms with Crippen molar-refractivity contribution in [3.63, 3.8) is 0 Å². The van der Waals surface area contributed by atoms with E-state index >= 15 is 0 Å². The summed E-state index contributed by atoms with van der Waals surface area (Å²) in [4.78, 5) is 0. The molecule has 0 heterocycles. The summed E-state index contributed by atoms with van der Waals surface area (Å²) in [5, 5.41) is 0. The number of allylic oxidation sites excluding steroid dienone is 16. The predicted octanol–water partition coefficient (Wildman–Crippen LogP) is 10.5. The Morgan fingerprint density at radius 2 is 0.895 bits per heavy atom. The van der Waals surface area contributed by atoms with Gasteiger partial charge in [0.05, 0.1) is 0 Å². The van der Waals surface area contributed by atoms with Gasteiger partial charge in [-0.3, -0.25) is 24.3 Å². The third-order valence-corrected chi connectivity index (χ3v) is 5.64. The second-order valence-electron chi connectivity index (χ2n) is 9.60. The molecule has 0 fully saturated rings. The standard InChI is InChI=1S/2C9H13.2C5H5.2C2H6Si.2ClH.2Hf/c2*1-6-5-7(2)9(4)8(6)3;2*1-2-4-5-3-1;2*1-3-2;;;;/h2*6H,1-4H3;2*1-3H,4H2;2*1-2H3;2*1H;;/q4*-1;;;;;2*+2. The van der Waals surface area contributed by atoms with Gasteiger partial charge in [-0.25, -0.2) is 35.5 Å². The van der Waals surface area contributed by atoms with E-state index in [0.717, 1.165) is 12.8 Å². The van der Waals surface area contributed by atoms with Crippen molar-refractivity contribution in [3.05, 3.63) is 94.2 Å². The zero-order valence-corrected chi connectivity index (χ0v) is 36.7. The van der Waals surface area contributed by atoms with Crippen molar-refractivity contribution < 1.29 is 46.0 Å². The van der Waals surface area contributed by atoms with Crippen LogP contribution in [0.4, 0.5) is 0 Å². The van der Waals surface area contributed by atoms with Gasteiger partial charge in [-0.2, -0.15) is 34.4 Å². The Morgan fingerprint density at radius 1 is 0.632 bits per heavy atom. The van der Waals surface area contributed by atoms with Crippen LogP contribution in [0.2, 0.25) is 26.2 Å². The molecule has 4 aliphatic carbocycles. The molecule has 0 radical (unpaired) electrons. The summed E-state index contributed by atoms with van der Waals surface area (Å²) >= 11 is 2.90. The molecule has 0 spiro atoms. The molecule has 0 saturated heterocycles. The minimum Gasteiger partial charge on any atom is -0.273 e. The quantitative estimate of drug-likeness (QED) is 0.168. The van der Waals surface area contributed by atoms with Crippen molar-refractivity contribution in [2.45, 2.75) is 94.4 Å². The summed E-state index contributed by atoms with van der Waals surface area (Å²) in [6.45, 7) is 26.7. The van der Waals surface area contributed by atoms with E-state index in [1.807, 2.05) is 24.3 Å². The Hall–Kier alpha value is 0.674. The van der Waals surface area contributed by atoms with E-state index in [9.17, 15) is 0 Å². The van der Waals surface area contributed by atoms with E-state index < -0.39 is 0 Å². The van der Waals surface area contributed by atoms with Crippen LogP contribution in [0.1, 0.15) is 68.2 Å². The van der Waals surface area contributed by atoms with Gasteiger partial charge in [0.1, 0.15) is 0 Å². The number of hydrogen-bond donors (Lipinski definition) is 0. The first-order chi connectivity index (χ1) is 16.7.